The average molecular weight is 469 g/mol. The van der Waals surface area contributed by atoms with Crippen molar-refractivity contribution in [3.05, 3.63) is 50.6 Å². The van der Waals surface area contributed by atoms with E-state index in [9.17, 15) is 13.2 Å². The zero-order valence-corrected chi connectivity index (χ0v) is 18.0. The van der Waals surface area contributed by atoms with Crippen molar-refractivity contribution in [1.29, 1.82) is 0 Å². The van der Waals surface area contributed by atoms with Crippen LogP contribution in [-0.2, 0) is 16.6 Å². The lowest BCUT2D eigenvalue weighted by molar-refractivity contribution is 0.0731. The highest BCUT2D eigenvalue weighted by Gasteiger charge is 2.37. The van der Waals surface area contributed by atoms with Gasteiger partial charge in [-0.2, -0.15) is 4.31 Å². The second kappa shape index (κ2) is 7.66. The molecule has 5 nitrogen and oxygen atoms in total. The van der Waals surface area contributed by atoms with Crippen molar-refractivity contribution >= 4 is 43.2 Å². The highest BCUT2D eigenvalue weighted by molar-refractivity contribution is 9.10. The van der Waals surface area contributed by atoms with E-state index in [4.69, 9.17) is 0 Å². The van der Waals surface area contributed by atoms with Crippen molar-refractivity contribution < 1.29 is 13.2 Å². The number of sulfonamides is 1. The van der Waals surface area contributed by atoms with E-state index >= 15 is 0 Å². The Kier molecular flexibility index (Phi) is 5.42. The fourth-order valence-corrected chi connectivity index (χ4v) is 6.75. The Morgan fingerprint density at radius 3 is 2.63 bits per heavy atom. The van der Waals surface area contributed by atoms with E-state index < -0.39 is 10.0 Å². The van der Waals surface area contributed by atoms with Gasteiger partial charge in [0.1, 0.15) is 9.77 Å². The number of hydrogen-bond donors (Lipinski definition) is 0. The lowest BCUT2D eigenvalue weighted by Gasteiger charge is -2.23. The highest BCUT2D eigenvalue weighted by atomic mass is 79.9. The summed E-state index contributed by atoms with van der Waals surface area (Å²) < 4.78 is 28.4. The first-order valence-electron chi connectivity index (χ1n) is 9.10. The molecule has 2 aromatic rings. The maximum atomic E-state index is 13.3. The van der Waals surface area contributed by atoms with Crippen LogP contribution >= 0.6 is 27.3 Å². The molecule has 2 heterocycles. The van der Waals surface area contributed by atoms with Crippen LogP contribution in [0.1, 0.15) is 40.9 Å². The van der Waals surface area contributed by atoms with Gasteiger partial charge in [0.05, 0.1) is 0 Å². The number of rotatable bonds is 6. The largest absolute Gasteiger partial charge is 0.331 e. The molecule has 0 spiro atoms. The molecule has 0 unspecified atom stereocenters. The van der Waals surface area contributed by atoms with Crippen LogP contribution in [0.2, 0.25) is 0 Å². The third-order valence-corrected chi connectivity index (χ3v) is 8.46. The van der Waals surface area contributed by atoms with Crippen LogP contribution in [0.25, 0.3) is 0 Å². The van der Waals surface area contributed by atoms with Crippen LogP contribution in [0.3, 0.4) is 0 Å². The van der Waals surface area contributed by atoms with Crippen molar-refractivity contribution in [3.63, 3.8) is 0 Å². The molecule has 8 heteroatoms. The van der Waals surface area contributed by atoms with E-state index in [0.717, 1.165) is 35.7 Å². The Labute approximate surface area is 172 Å². The van der Waals surface area contributed by atoms with Crippen LogP contribution in [-0.4, -0.2) is 42.7 Å². The van der Waals surface area contributed by atoms with Gasteiger partial charge in [0.15, 0.2) is 0 Å². The molecule has 0 atom stereocenters. The zero-order chi connectivity index (χ0) is 19.0. The van der Waals surface area contributed by atoms with Gasteiger partial charge < -0.3 is 4.90 Å². The summed E-state index contributed by atoms with van der Waals surface area (Å²) in [5.74, 6) is -0.176. The molecular weight excluding hydrogens is 448 g/mol. The molecule has 1 aromatic carbocycles. The molecule has 1 saturated carbocycles. The molecule has 0 bridgehead atoms. The number of benzene rings is 1. The highest BCUT2D eigenvalue weighted by Crippen LogP contribution is 2.34. The van der Waals surface area contributed by atoms with Gasteiger partial charge in [-0.15, -0.1) is 11.3 Å². The summed E-state index contributed by atoms with van der Waals surface area (Å²) in [5.41, 5.74) is 1.03. The Balaban J connectivity index is 1.62. The fourth-order valence-electron chi connectivity index (χ4n) is 3.44. The van der Waals surface area contributed by atoms with Gasteiger partial charge in [-0.1, -0.05) is 28.1 Å². The molecule has 1 amide bonds. The van der Waals surface area contributed by atoms with Crippen LogP contribution < -0.4 is 0 Å². The van der Waals surface area contributed by atoms with Crippen molar-refractivity contribution in [1.82, 2.24) is 9.21 Å². The summed E-state index contributed by atoms with van der Waals surface area (Å²) in [5, 5.41) is 1.71. The monoisotopic (exact) mass is 468 g/mol. The second-order valence-electron chi connectivity index (χ2n) is 7.02. The predicted molar refractivity (Wildman–Crippen MR) is 109 cm³/mol. The van der Waals surface area contributed by atoms with E-state index in [1.165, 1.54) is 15.6 Å². The van der Waals surface area contributed by atoms with Gasteiger partial charge in [0.25, 0.3) is 5.91 Å². The minimum atomic E-state index is -3.60. The van der Waals surface area contributed by atoms with Crippen molar-refractivity contribution in [2.24, 2.45) is 0 Å². The van der Waals surface area contributed by atoms with Crippen LogP contribution in [0.5, 0.6) is 0 Å². The van der Waals surface area contributed by atoms with Gasteiger partial charge in [-0.3, -0.25) is 4.79 Å². The van der Waals surface area contributed by atoms with Gasteiger partial charge in [-0.05, 0) is 54.8 Å². The molecule has 4 rings (SSSR count). The SMILES string of the molecule is O=C(c1sccc1S(=O)(=O)N1CCCC1)N(Cc1cccc(Br)c1)C1CC1. The minimum Gasteiger partial charge on any atom is -0.331 e. The lowest BCUT2D eigenvalue weighted by atomic mass is 10.2. The average Bonchev–Trinajstić information content (AvgIpc) is 3.13. The van der Waals surface area contributed by atoms with E-state index in [0.29, 0.717) is 24.5 Å². The fraction of sp³-hybridized carbons (Fsp3) is 0.421. The molecule has 144 valence electrons. The molecule has 0 N–H and O–H groups in total. The molecule has 27 heavy (non-hydrogen) atoms. The molecule has 1 saturated heterocycles. The Morgan fingerprint density at radius 1 is 1.22 bits per heavy atom. The maximum absolute atomic E-state index is 13.3. The van der Waals surface area contributed by atoms with Crippen LogP contribution in [0.4, 0.5) is 0 Å². The Bertz CT molecular complexity index is 947. The molecular formula is C19H21BrN2O3S2. The topological polar surface area (TPSA) is 57.7 Å². The summed E-state index contributed by atoms with van der Waals surface area (Å²) in [6, 6.07) is 9.66. The number of nitrogens with zero attached hydrogens (tertiary/aromatic N) is 2. The van der Waals surface area contributed by atoms with Gasteiger partial charge >= 0.3 is 0 Å². The third kappa shape index (κ3) is 3.99. The summed E-state index contributed by atoms with van der Waals surface area (Å²) in [4.78, 5) is 15.6. The zero-order valence-electron chi connectivity index (χ0n) is 14.8. The van der Waals surface area contributed by atoms with Gasteiger partial charge in [-0.25, -0.2) is 8.42 Å². The molecule has 0 radical (unpaired) electrons. The maximum Gasteiger partial charge on any atom is 0.265 e. The number of thiophene rings is 1. The van der Waals surface area contributed by atoms with E-state index in [1.54, 1.807) is 11.4 Å². The predicted octanol–water partition coefficient (Wildman–Crippen LogP) is 4.10. The molecule has 2 fully saturated rings. The standard InChI is InChI=1S/C19H21BrN2O3S2/c20-15-5-3-4-14(12-15)13-22(16-6-7-16)19(23)18-17(8-11-26-18)27(24,25)21-9-1-2-10-21/h3-5,8,11-12,16H,1-2,6-7,9-10,13H2. The number of carbonyl (C=O) groups is 1. The number of amides is 1. The van der Waals surface area contributed by atoms with Gasteiger partial charge in [0.2, 0.25) is 10.0 Å². The number of hydrogen-bond acceptors (Lipinski definition) is 4. The third-order valence-electron chi connectivity index (χ3n) is 5.00. The first-order valence-corrected chi connectivity index (χ1v) is 12.2. The first-order chi connectivity index (χ1) is 13.0. The van der Waals surface area contributed by atoms with E-state index in [1.807, 2.05) is 29.2 Å². The van der Waals surface area contributed by atoms with Crippen molar-refractivity contribution in [2.45, 2.75) is 43.2 Å². The lowest BCUT2D eigenvalue weighted by Crippen LogP contribution is -2.34. The van der Waals surface area contributed by atoms with Crippen LogP contribution in [0.15, 0.2) is 45.1 Å². The van der Waals surface area contributed by atoms with Crippen molar-refractivity contribution in [2.75, 3.05) is 13.1 Å². The first kappa shape index (κ1) is 19.1. The summed E-state index contributed by atoms with van der Waals surface area (Å²) in [7, 11) is -3.60. The summed E-state index contributed by atoms with van der Waals surface area (Å²) >= 11 is 4.69. The summed E-state index contributed by atoms with van der Waals surface area (Å²) in [6.45, 7) is 1.57. The minimum absolute atomic E-state index is 0.166. The normalized spacial score (nSPS) is 18.0. The molecule has 1 aliphatic heterocycles. The summed E-state index contributed by atoms with van der Waals surface area (Å²) in [6.07, 6.45) is 3.70. The quantitative estimate of drug-likeness (QED) is 0.640. The van der Waals surface area contributed by atoms with Crippen molar-refractivity contribution in [3.8, 4) is 0 Å². The Morgan fingerprint density at radius 2 is 1.96 bits per heavy atom. The molecule has 2 aliphatic rings. The Hall–Kier alpha value is -1.22. The number of carbonyl (C=O) groups excluding carboxylic acids is 1. The second-order valence-corrected chi connectivity index (χ2v) is 10.8. The van der Waals surface area contributed by atoms with Crippen LogP contribution in [0, 0.1) is 0 Å². The van der Waals surface area contributed by atoms with Gasteiger partial charge in [0, 0.05) is 30.1 Å². The van der Waals surface area contributed by atoms with E-state index in [2.05, 4.69) is 15.9 Å². The molecule has 1 aliphatic carbocycles. The number of halogens is 1. The molecule has 1 aromatic heterocycles. The van der Waals surface area contributed by atoms with E-state index in [-0.39, 0.29) is 16.8 Å². The smallest absolute Gasteiger partial charge is 0.265 e.